The predicted octanol–water partition coefficient (Wildman–Crippen LogP) is 4.02. The Labute approximate surface area is 150 Å². The van der Waals surface area contributed by atoms with Crippen molar-refractivity contribution in [1.82, 2.24) is 9.29 Å². The van der Waals surface area contributed by atoms with Gasteiger partial charge in [0.1, 0.15) is 5.82 Å². The van der Waals surface area contributed by atoms with Crippen LogP contribution < -0.4 is 4.72 Å². The highest BCUT2D eigenvalue weighted by Gasteiger charge is 2.15. The third-order valence-corrected chi connectivity index (χ3v) is 3.91. The Hall–Kier alpha value is -2.97. The number of halogens is 1. The molecule has 25 heavy (non-hydrogen) atoms. The number of carbonyl (C=O) groups excluding carboxylic acids is 1. The van der Waals surface area contributed by atoms with Gasteiger partial charge in [0.25, 0.3) is 5.91 Å². The molecule has 3 aromatic rings. The summed E-state index contributed by atoms with van der Waals surface area (Å²) in [6.45, 7) is 0. The second-order valence-electron chi connectivity index (χ2n) is 5.18. The molecule has 0 saturated carbocycles. The van der Waals surface area contributed by atoms with Crippen molar-refractivity contribution in [3.8, 4) is 17.5 Å². The molecule has 0 fully saturated rings. The third-order valence-electron chi connectivity index (χ3n) is 3.52. The normalized spacial score (nSPS) is 10.0. The Morgan fingerprint density at radius 2 is 1.76 bits per heavy atom. The van der Waals surface area contributed by atoms with Crippen molar-refractivity contribution in [1.29, 1.82) is 0 Å². The highest BCUT2D eigenvalue weighted by atomic mass is 32.2. The molecule has 0 unspecified atom stereocenters. The zero-order valence-electron chi connectivity index (χ0n) is 13.5. The first-order valence-electron chi connectivity index (χ1n) is 7.56. The average molecular weight is 350 g/mol. The van der Waals surface area contributed by atoms with Gasteiger partial charge >= 0.3 is 0 Å². The summed E-state index contributed by atoms with van der Waals surface area (Å²) >= 11 is 1.25. The van der Waals surface area contributed by atoms with E-state index in [1.165, 1.54) is 24.1 Å². The summed E-state index contributed by atoms with van der Waals surface area (Å²) < 4.78 is 17.6. The Morgan fingerprint density at radius 1 is 1.04 bits per heavy atom. The van der Waals surface area contributed by atoms with E-state index in [1.54, 1.807) is 30.5 Å². The molecule has 0 aliphatic carbocycles. The Bertz CT molecular complexity index is 938. The topological polar surface area (TPSA) is 34.0 Å². The summed E-state index contributed by atoms with van der Waals surface area (Å²) in [5.74, 6) is 5.64. The van der Waals surface area contributed by atoms with Crippen molar-refractivity contribution in [3.63, 3.8) is 0 Å². The number of benzene rings is 2. The second kappa shape index (κ2) is 7.73. The number of carbonyl (C=O) groups is 1. The first kappa shape index (κ1) is 16.9. The maximum atomic E-state index is 13.0. The Kier molecular flexibility index (Phi) is 5.22. The molecule has 5 heteroatoms. The number of amides is 1. The van der Waals surface area contributed by atoms with Crippen LogP contribution in [-0.4, -0.2) is 16.7 Å². The number of nitrogens with zero attached hydrogens (tertiary/aromatic N) is 1. The zero-order valence-corrected chi connectivity index (χ0v) is 14.3. The summed E-state index contributed by atoms with van der Waals surface area (Å²) in [7, 11) is 0. The van der Waals surface area contributed by atoms with Gasteiger partial charge < -0.3 is 4.57 Å². The van der Waals surface area contributed by atoms with Gasteiger partial charge in [0.2, 0.25) is 0 Å². The van der Waals surface area contributed by atoms with Gasteiger partial charge in [-0.3, -0.25) is 9.52 Å². The van der Waals surface area contributed by atoms with E-state index in [0.29, 0.717) is 22.4 Å². The van der Waals surface area contributed by atoms with Crippen LogP contribution >= 0.6 is 11.9 Å². The number of aromatic nitrogens is 1. The lowest BCUT2D eigenvalue weighted by atomic mass is 10.1. The van der Waals surface area contributed by atoms with Crippen molar-refractivity contribution in [2.24, 2.45) is 0 Å². The molecule has 1 aromatic heterocycles. The highest BCUT2D eigenvalue weighted by Crippen LogP contribution is 2.20. The molecule has 3 rings (SSSR count). The van der Waals surface area contributed by atoms with E-state index in [9.17, 15) is 9.18 Å². The molecule has 0 bridgehead atoms. The number of rotatable bonds is 3. The summed E-state index contributed by atoms with van der Waals surface area (Å²) in [4.78, 5) is 12.4. The van der Waals surface area contributed by atoms with Gasteiger partial charge in [-0.05, 0) is 48.5 Å². The quantitative estimate of drug-likeness (QED) is 0.572. The van der Waals surface area contributed by atoms with Crippen molar-refractivity contribution < 1.29 is 9.18 Å². The number of nitrogens with one attached hydrogen (secondary N) is 1. The van der Waals surface area contributed by atoms with Crippen molar-refractivity contribution >= 4 is 17.9 Å². The van der Waals surface area contributed by atoms with Crippen molar-refractivity contribution in [2.45, 2.75) is 0 Å². The lowest BCUT2D eigenvalue weighted by Gasteiger charge is -2.12. The largest absolute Gasteiger partial charge is 0.322 e. The van der Waals surface area contributed by atoms with E-state index in [4.69, 9.17) is 0 Å². The molecule has 0 aliphatic heterocycles. The number of hydrogen-bond acceptors (Lipinski definition) is 2. The molecule has 0 saturated heterocycles. The van der Waals surface area contributed by atoms with Crippen molar-refractivity contribution in [3.05, 3.63) is 89.5 Å². The van der Waals surface area contributed by atoms with Crippen LogP contribution in [0.2, 0.25) is 0 Å². The van der Waals surface area contributed by atoms with Gasteiger partial charge in [-0.25, -0.2) is 4.39 Å². The van der Waals surface area contributed by atoms with Crippen LogP contribution in [0.15, 0.2) is 67.0 Å². The summed E-state index contributed by atoms with van der Waals surface area (Å²) in [5.41, 5.74) is 2.68. The smallest absolute Gasteiger partial charge is 0.263 e. The lowest BCUT2D eigenvalue weighted by Crippen LogP contribution is -2.18. The van der Waals surface area contributed by atoms with E-state index in [2.05, 4.69) is 16.6 Å². The minimum absolute atomic E-state index is 0.179. The van der Waals surface area contributed by atoms with E-state index in [1.807, 2.05) is 35.2 Å². The molecule has 2 aromatic carbocycles. The van der Waals surface area contributed by atoms with E-state index in [0.717, 1.165) is 0 Å². The van der Waals surface area contributed by atoms with Crippen molar-refractivity contribution in [2.75, 3.05) is 6.26 Å². The van der Waals surface area contributed by atoms with Gasteiger partial charge in [-0.1, -0.05) is 29.9 Å². The molecule has 0 atom stereocenters. The molecule has 3 nitrogen and oxygen atoms in total. The van der Waals surface area contributed by atoms with E-state index < -0.39 is 0 Å². The van der Waals surface area contributed by atoms with Crippen LogP contribution in [0.4, 0.5) is 4.39 Å². The minimum Gasteiger partial charge on any atom is -0.322 e. The van der Waals surface area contributed by atoms with E-state index in [-0.39, 0.29) is 11.7 Å². The predicted molar refractivity (Wildman–Crippen MR) is 99.1 cm³/mol. The van der Waals surface area contributed by atoms with Gasteiger partial charge in [-0.15, -0.1) is 0 Å². The first-order chi connectivity index (χ1) is 12.2. The molecular weight excluding hydrogens is 335 g/mol. The monoisotopic (exact) mass is 350 g/mol. The molecule has 0 spiro atoms. The fourth-order valence-corrected chi connectivity index (χ4v) is 2.71. The molecule has 1 N–H and O–H groups in total. The lowest BCUT2D eigenvalue weighted by molar-refractivity contribution is 0.0984. The number of para-hydroxylation sites is 1. The van der Waals surface area contributed by atoms with Crippen LogP contribution in [0.5, 0.6) is 0 Å². The second-order valence-corrected chi connectivity index (χ2v) is 5.80. The van der Waals surface area contributed by atoms with Gasteiger partial charge in [0, 0.05) is 29.8 Å². The molecule has 1 heterocycles. The first-order valence-corrected chi connectivity index (χ1v) is 8.79. The van der Waals surface area contributed by atoms with Gasteiger partial charge in [-0.2, -0.15) is 0 Å². The summed E-state index contributed by atoms with van der Waals surface area (Å²) in [6, 6.07) is 15.2. The standard InChI is InChI=1S/C20H15FN2OS/c1-25-22-20(24)18-6-4-5-16(19(18)23-13-2-3-14-23)10-7-15-8-11-17(21)12-9-15/h2-6,8-9,11-14H,1H3,(H,22,24). The van der Waals surface area contributed by atoms with Gasteiger partial charge in [0.05, 0.1) is 11.3 Å². The van der Waals surface area contributed by atoms with Crippen LogP contribution in [0.25, 0.3) is 5.69 Å². The highest BCUT2D eigenvalue weighted by molar-refractivity contribution is 7.97. The fraction of sp³-hybridized carbons (Fsp3) is 0.0500. The Balaban J connectivity index is 2.09. The maximum Gasteiger partial charge on any atom is 0.263 e. The molecular formula is C20H15FN2OS. The molecule has 0 radical (unpaired) electrons. The maximum absolute atomic E-state index is 13.0. The van der Waals surface area contributed by atoms with Gasteiger partial charge in [0.15, 0.2) is 0 Å². The Morgan fingerprint density at radius 3 is 2.44 bits per heavy atom. The zero-order chi connectivity index (χ0) is 17.6. The molecule has 0 aliphatic rings. The number of hydrogen-bond donors (Lipinski definition) is 1. The molecule has 124 valence electrons. The third kappa shape index (κ3) is 3.93. The summed E-state index contributed by atoms with van der Waals surface area (Å²) in [5, 5.41) is 0. The van der Waals surface area contributed by atoms with Crippen LogP contribution in [0, 0.1) is 17.7 Å². The average Bonchev–Trinajstić information content (AvgIpc) is 3.15. The SMILES string of the molecule is CSNC(=O)c1cccc(C#Cc2ccc(F)cc2)c1-n1cccc1. The van der Waals surface area contributed by atoms with Crippen LogP contribution in [0.3, 0.4) is 0 Å². The van der Waals surface area contributed by atoms with Crippen LogP contribution in [0.1, 0.15) is 21.5 Å². The summed E-state index contributed by atoms with van der Waals surface area (Å²) in [6.07, 6.45) is 5.54. The van der Waals surface area contributed by atoms with E-state index >= 15 is 0 Å². The minimum atomic E-state index is -0.297. The fourth-order valence-electron chi connectivity index (χ4n) is 2.41. The molecule has 1 amide bonds. The van der Waals surface area contributed by atoms with Crippen LogP contribution in [-0.2, 0) is 0 Å².